The van der Waals surface area contributed by atoms with Gasteiger partial charge in [-0.25, -0.2) is 0 Å². The molecule has 3 rings (SSSR count). The molecule has 1 saturated heterocycles. The Balaban J connectivity index is 0.00000208. The summed E-state index contributed by atoms with van der Waals surface area (Å²) in [6, 6.07) is 8.74. The minimum absolute atomic E-state index is 0. The van der Waals surface area contributed by atoms with Gasteiger partial charge in [-0.2, -0.15) is 0 Å². The van der Waals surface area contributed by atoms with Gasteiger partial charge in [-0.15, -0.1) is 12.4 Å². The second-order valence-electron chi connectivity index (χ2n) is 7.07. The fourth-order valence-electron chi connectivity index (χ4n) is 4.00. The Hall–Kier alpha value is -0.770. The molecule has 1 N–H and O–H groups in total. The van der Waals surface area contributed by atoms with Crippen molar-refractivity contribution < 1.29 is 4.79 Å². The summed E-state index contributed by atoms with van der Waals surface area (Å²) in [5.41, 5.74) is 1.07. The predicted molar refractivity (Wildman–Crippen MR) is 102 cm³/mol. The van der Waals surface area contributed by atoms with Crippen molar-refractivity contribution in [3.8, 4) is 0 Å². The first kappa shape index (κ1) is 19.6. The maximum atomic E-state index is 13.2. The van der Waals surface area contributed by atoms with Crippen LogP contribution < -0.4 is 5.32 Å². The van der Waals surface area contributed by atoms with Gasteiger partial charge in [-0.05, 0) is 50.8 Å². The largest absolute Gasteiger partial charge is 0.335 e. The Morgan fingerprint density at radius 3 is 2.62 bits per heavy atom. The summed E-state index contributed by atoms with van der Waals surface area (Å²) in [4.78, 5) is 15.3. The molecule has 1 saturated carbocycles. The third-order valence-corrected chi connectivity index (χ3v) is 5.69. The number of hydrogen-bond acceptors (Lipinski definition) is 2. The lowest BCUT2D eigenvalue weighted by molar-refractivity contribution is -0.139. The molecule has 134 valence electrons. The van der Waals surface area contributed by atoms with Gasteiger partial charge in [-0.3, -0.25) is 4.79 Å². The number of benzene rings is 1. The Kier molecular flexibility index (Phi) is 7.39. The van der Waals surface area contributed by atoms with Crippen molar-refractivity contribution in [2.75, 3.05) is 6.54 Å². The summed E-state index contributed by atoms with van der Waals surface area (Å²) in [5, 5.41) is 4.21. The molecule has 2 fully saturated rings. The van der Waals surface area contributed by atoms with Crippen molar-refractivity contribution in [3.63, 3.8) is 0 Å². The maximum absolute atomic E-state index is 13.2. The van der Waals surface area contributed by atoms with Gasteiger partial charge in [0.15, 0.2) is 0 Å². The first-order valence-corrected chi connectivity index (χ1v) is 9.30. The van der Waals surface area contributed by atoms with E-state index >= 15 is 0 Å². The highest BCUT2D eigenvalue weighted by atomic mass is 35.5. The molecule has 1 aromatic rings. The second-order valence-corrected chi connectivity index (χ2v) is 7.48. The summed E-state index contributed by atoms with van der Waals surface area (Å²) in [6.45, 7) is 3.77. The van der Waals surface area contributed by atoms with Gasteiger partial charge >= 0.3 is 0 Å². The van der Waals surface area contributed by atoms with E-state index in [1.165, 1.54) is 12.8 Å². The molecule has 1 aromatic carbocycles. The van der Waals surface area contributed by atoms with Crippen LogP contribution in [0, 0.1) is 5.92 Å². The molecule has 0 radical (unpaired) electrons. The van der Waals surface area contributed by atoms with E-state index in [1.54, 1.807) is 0 Å². The highest BCUT2D eigenvalue weighted by Gasteiger charge is 2.33. The van der Waals surface area contributed by atoms with Crippen LogP contribution in [0.5, 0.6) is 0 Å². The number of hydrogen-bond donors (Lipinski definition) is 1. The number of rotatable bonds is 4. The van der Waals surface area contributed by atoms with E-state index in [2.05, 4.69) is 17.1 Å². The second kappa shape index (κ2) is 9.07. The first-order chi connectivity index (χ1) is 11.1. The Morgan fingerprint density at radius 1 is 1.25 bits per heavy atom. The lowest BCUT2D eigenvalue weighted by Gasteiger charge is -2.35. The molecule has 1 amide bonds. The van der Waals surface area contributed by atoms with Crippen molar-refractivity contribution in [3.05, 3.63) is 34.9 Å². The van der Waals surface area contributed by atoms with Crippen LogP contribution in [-0.2, 0) is 11.3 Å². The zero-order valence-electron chi connectivity index (χ0n) is 14.3. The minimum atomic E-state index is 0. The SMILES string of the molecule is C[C@H]1C[C@@H](C(=O)N(Cc2ccccc2Cl)C2CCCC2)CCN1.Cl. The topological polar surface area (TPSA) is 32.3 Å². The Bertz CT molecular complexity index is 546. The molecule has 0 spiro atoms. The van der Waals surface area contributed by atoms with Gasteiger partial charge in [0.05, 0.1) is 0 Å². The quantitative estimate of drug-likeness (QED) is 0.850. The summed E-state index contributed by atoms with van der Waals surface area (Å²) < 4.78 is 0. The van der Waals surface area contributed by atoms with Gasteiger partial charge in [0.2, 0.25) is 5.91 Å². The van der Waals surface area contributed by atoms with Gasteiger partial charge in [0.25, 0.3) is 0 Å². The number of carbonyl (C=O) groups is 1. The van der Waals surface area contributed by atoms with Crippen LogP contribution in [0.15, 0.2) is 24.3 Å². The van der Waals surface area contributed by atoms with Gasteiger partial charge in [0, 0.05) is 29.6 Å². The number of nitrogens with zero attached hydrogens (tertiary/aromatic N) is 1. The molecule has 24 heavy (non-hydrogen) atoms. The first-order valence-electron chi connectivity index (χ1n) is 8.92. The van der Waals surface area contributed by atoms with Crippen molar-refractivity contribution in [2.45, 2.75) is 64.1 Å². The van der Waals surface area contributed by atoms with E-state index in [0.29, 0.717) is 24.5 Å². The zero-order valence-corrected chi connectivity index (χ0v) is 15.9. The minimum Gasteiger partial charge on any atom is -0.335 e. The molecule has 2 aliphatic rings. The highest BCUT2D eigenvalue weighted by Crippen LogP contribution is 2.30. The fourth-order valence-corrected chi connectivity index (χ4v) is 4.20. The van der Waals surface area contributed by atoms with E-state index in [9.17, 15) is 4.79 Å². The van der Waals surface area contributed by atoms with Crippen molar-refractivity contribution in [2.24, 2.45) is 5.92 Å². The van der Waals surface area contributed by atoms with Crippen molar-refractivity contribution >= 4 is 29.9 Å². The van der Waals surface area contributed by atoms with Crippen LogP contribution in [-0.4, -0.2) is 29.4 Å². The Labute approximate surface area is 156 Å². The lowest BCUT2D eigenvalue weighted by Crippen LogP contribution is -2.46. The lowest BCUT2D eigenvalue weighted by atomic mass is 9.91. The zero-order chi connectivity index (χ0) is 16.2. The van der Waals surface area contributed by atoms with Crippen LogP contribution in [0.25, 0.3) is 0 Å². The number of piperidine rings is 1. The van der Waals surface area contributed by atoms with Crippen molar-refractivity contribution in [1.29, 1.82) is 0 Å². The monoisotopic (exact) mass is 370 g/mol. The van der Waals surface area contributed by atoms with Crippen molar-refractivity contribution in [1.82, 2.24) is 10.2 Å². The van der Waals surface area contributed by atoms with E-state index in [0.717, 1.165) is 42.8 Å². The molecule has 0 unspecified atom stereocenters. The van der Waals surface area contributed by atoms with E-state index in [-0.39, 0.29) is 18.3 Å². The van der Waals surface area contributed by atoms with Crippen LogP contribution in [0.3, 0.4) is 0 Å². The Morgan fingerprint density at radius 2 is 1.96 bits per heavy atom. The number of amides is 1. The third-order valence-electron chi connectivity index (χ3n) is 5.32. The molecule has 1 heterocycles. The van der Waals surface area contributed by atoms with E-state index in [4.69, 9.17) is 11.6 Å². The van der Waals surface area contributed by atoms with E-state index in [1.807, 2.05) is 24.3 Å². The van der Waals surface area contributed by atoms with Gasteiger partial charge in [-0.1, -0.05) is 42.6 Å². The average molecular weight is 371 g/mol. The molecule has 0 bridgehead atoms. The molecule has 2 atom stereocenters. The van der Waals surface area contributed by atoms with E-state index < -0.39 is 0 Å². The normalized spacial score (nSPS) is 24.4. The molecule has 1 aliphatic heterocycles. The molecular weight excluding hydrogens is 343 g/mol. The van der Waals surface area contributed by atoms with Crippen LogP contribution in [0.4, 0.5) is 0 Å². The third kappa shape index (κ3) is 4.65. The number of nitrogens with one attached hydrogen (secondary N) is 1. The standard InChI is InChI=1S/C19H27ClN2O.ClH/c1-14-12-15(10-11-21-14)19(23)22(17-7-3-4-8-17)13-16-6-2-5-9-18(16)20;/h2,5-6,9,14-15,17,21H,3-4,7-8,10-13H2,1H3;1H/t14-,15-;/m0./s1. The number of halogens is 2. The smallest absolute Gasteiger partial charge is 0.226 e. The summed E-state index contributed by atoms with van der Waals surface area (Å²) in [6.07, 6.45) is 6.64. The highest BCUT2D eigenvalue weighted by molar-refractivity contribution is 6.31. The number of carbonyl (C=O) groups excluding carboxylic acids is 1. The summed E-state index contributed by atoms with van der Waals surface area (Å²) in [7, 11) is 0. The molecule has 1 aliphatic carbocycles. The molecular formula is C19H28Cl2N2O. The summed E-state index contributed by atoms with van der Waals surface area (Å²) in [5.74, 6) is 0.500. The fraction of sp³-hybridized carbons (Fsp3) is 0.632. The summed E-state index contributed by atoms with van der Waals surface area (Å²) >= 11 is 6.34. The van der Waals surface area contributed by atoms with Crippen LogP contribution >= 0.6 is 24.0 Å². The average Bonchev–Trinajstić information content (AvgIpc) is 3.08. The molecule has 5 heteroatoms. The van der Waals surface area contributed by atoms with Gasteiger partial charge < -0.3 is 10.2 Å². The van der Waals surface area contributed by atoms with Crippen LogP contribution in [0.2, 0.25) is 5.02 Å². The maximum Gasteiger partial charge on any atom is 0.226 e. The molecule has 0 aromatic heterocycles. The van der Waals surface area contributed by atoms with Crippen LogP contribution in [0.1, 0.15) is 51.0 Å². The molecule has 3 nitrogen and oxygen atoms in total. The van der Waals surface area contributed by atoms with Gasteiger partial charge in [0.1, 0.15) is 0 Å². The predicted octanol–water partition coefficient (Wildman–Crippen LogP) is 4.42.